The molecule has 0 saturated carbocycles. The number of hydrogen-bond donors (Lipinski definition) is 3. The standard InChI is InChI=1S/C10H12O4/c1-7(9(12)13)5-10(14)4-2-3-8(11)6-10/h2-3,5-6,11,14H,4H2,1H3,(H,12,13). The van der Waals surface area contributed by atoms with Crippen molar-refractivity contribution in [3.05, 3.63) is 35.6 Å². The lowest BCUT2D eigenvalue weighted by Gasteiger charge is -2.22. The lowest BCUT2D eigenvalue weighted by molar-refractivity contribution is -0.132. The van der Waals surface area contributed by atoms with E-state index in [1.807, 2.05) is 0 Å². The van der Waals surface area contributed by atoms with E-state index in [4.69, 9.17) is 10.2 Å². The van der Waals surface area contributed by atoms with Crippen LogP contribution < -0.4 is 0 Å². The summed E-state index contributed by atoms with van der Waals surface area (Å²) in [5, 5.41) is 27.6. The zero-order valence-corrected chi connectivity index (χ0v) is 7.77. The first-order valence-corrected chi connectivity index (χ1v) is 4.16. The Hall–Kier alpha value is -1.55. The Kier molecular flexibility index (Phi) is 2.76. The molecule has 0 fully saturated rings. The van der Waals surface area contributed by atoms with Gasteiger partial charge in [0, 0.05) is 12.0 Å². The van der Waals surface area contributed by atoms with E-state index in [1.54, 1.807) is 6.08 Å². The molecule has 14 heavy (non-hydrogen) atoms. The van der Waals surface area contributed by atoms with Gasteiger partial charge in [-0.15, -0.1) is 0 Å². The van der Waals surface area contributed by atoms with Crippen molar-refractivity contribution in [3.63, 3.8) is 0 Å². The Balaban J connectivity index is 2.93. The van der Waals surface area contributed by atoms with Crippen molar-refractivity contribution in [3.8, 4) is 0 Å². The summed E-state index contributed by atoms with van der Waals surface area (Å²) < 4.78 is 0. The molecule has 1 unspecified atom stereocenters. The minimum absolute atomic E-state index is 0.0480. The molecule has 1 rings (SSSR count). The number of allylic oxidation sites excluding steroid dienone is 1. The summed E-state index contributed by atoms with van der Waals surface area (Å²) in [5.41, 5.74) is -1.34. The van der Waals surface area contributed by atoms with E-state index in [0.29, 0.717) is 0 Å². The Labute approximate surface area is 81.5 Å². The predicted octanol–water partition coefficient (Wildman–Crippen LogP) is 1.15. The van der Waals surface area contributed by atoms with Gasteiger partial charge in [-0.1, -0.05) is 6.08 Å². The Morgan fingerprint density at radius 1 is 1.64 bits per heavy atom. The number of hydrogen-bond acceptors (Lipinski definition) is 3. The van der Waals surface area contributed by atoms with Crippen LogP contribution in [0.15, 0.2) is 35.6 Å². The molecular weight excluding hydrogens is 184 g/mol. The van der Waals surface area contributed by atoms with Gasteiger partial charge in [-0.05, 0) is 25.2 Å². The summed E-state index contributed by atoms with van der Waals surface area (Å²) >= 11 is 0. The zero-order valence-electron chi connectivity index (χ0n) is 7.77. The second kappa shape index (κ2) is 3.67. The molecule has 1 aliphatic rings. The molecule has 0 aromatic rings. The Morgan fingerprint density at radius 2 is 2.29 bits per heavy atom. The first-order valence-electron chi connectivity index (χ1n) is 4.16. The number of rotatable bonds is 2. The molecule has 0 radical (unpaired) electrons. The molecule has 0 saturated heterocycles. The molecule has 0 heterocycles. The van der Waals surface area contributed by atoms with E-state index >= 15 is 0 Å². The minimum Gasteiger partial charge on any atom is -0.508 e. The van der Waals surface area contributed by atoms with Crippen molar-refractivity contribution in [1.29, 1.82) is 0 Å². The average molecular weight is 196 g/mol. The van der Waals surface area contributed by atoms with Gasteiger partial charge in [0.25, 0.3) is 0 Å². The number of carbonyl (C=O) groups is 1. The maximum atomic E-state index is 10.5. The van der Waals surface area contributed by atoms with Gasteiger partial charge in [-0.2, -0.15) is 0 Å². The van der Waals surface area contributed by atoms with Crippen LogP contribution >= 0.6 is 0 Å². The van der Waals surface area contributed by atoms with Crippen LogP contribution in [0.4, 0.5) is 0 Å². The van der Waals surface area contributed by atoms with Gasteiger partial charge < -0.3 is 15.3 Å². The van der Waals surface area contributed by atoms with Crippen molar-refractivity contribution in [2.75, 3.05) is 0 Å². The molecule has 4 heteroatoms. The number of aliphatic carboxylic acids is 1. The van der Waals surface area contributed by atoms with Crippen molar-refractivity contribution in [2.45, 2.75) is 18.9 Å². The molecule has 4 nitrogen and oxygen atoms in total. The molecule has 1 atom stereocenters. The molecule has 1 aliphatic carbocycles. The van der Waals surface area contributed by atoms with Gasteiger partial charge in [-0.3, -0.25) is 0 Å². The van der Waals surface area contributed by atoms with Crippen LogP contribution in [0.5, 0.6) is 0 Å². The maximum Gasteiger partial charge on any atom is 0.331 e. The number of carboxylic acid groups (broad SMARTS) is 1. The van der Waals surface area contributed by atoms with E-state index in [2.05, 4.69) is 0 Å². The second-order valence-corrected chi connectivity index (χ2v) is 3.30. The van der Waals surface area contributed by atoms with Crippen LogP contribution in [0.1, 0.15) is 13.3 Å². The summed E-state index contributed by atoms with van der Waals surface area (Å²) in [5.74, 6) is -1.14. The average Bonchev–Trinajstić information content (AvgIpc) is 2.02. The van der Waals surface area contributed by atoms with Gasteiger partial charge in [0.15, 0.2) is 0 Å². The topological polar surface area (TPSA) is 77.8 Å². The largest absolute Gasteiger partial charge is 0.508 e. The zero-order chi connectivity index (χ0) is 10.8. The molecule has 0 amide bonds. The molecule has 76 valence electrons. The highest BCUT2D eigenvalue weighted by atomic mass is 16.4. The van der Waals surface area contributed by atoms with Crippen molar-refractivity contribution in [2.24, 2.45) is 0 Å². The predicted molar refractivity (Wildman–Crippen MR) is 50.8 cm³/mol. The minimum atomic E-state index is -1.39. The van der Waals surface area contributed by atoms with Crippen molar-refractivity contribution < 1.29 is 20.1 Å². The summed E-state index contributed by atoms with van der Waals surface area (Å²) in [4.78, 5) is 10.5. The first kappa shape index (κ1) is 10.5. The highest BCUT2D eigenvalue weighted by Crippen LogP contribution is 2.23. The van der Waals surface area contributed by atoms with Gasteiger partial charge in [0.05, 0.1) is 0 Å². The summed E-state index contributed by atoms with van der Waals surface area (Å²) in [6.45, 7) is 1.39. The molecule has 0 bridgehead atoms. The Morgan fingerprint density at radius 3 is 2.79 bits per heavy atom. The second-order valence-electron chi connectivity index (χ2n) is 3.30. The maximum absolute atomic E-state index is 10.5. The van der Waals surface area contributed by atoms with Gasteiger partial charge >= 0.3 is 5.97 Å². The molecule has 0 aromatic carbocycles. The normalized spacial score (nSPS) is 27.3. The van der Waals surface area contributed by atoms with Crippen molar-refractivity contribution in [1.82, 2.24) is 0 Å². The van der Waals surface area contributed by atoms with Crippen LogP contribution in [0, 0.1) is 0 Å². The van der Waals surface area contributed by atoms with Gasteiger partial charge in [0.1, 0.15) is 11.4 Å². The van der Waals surface area contributed by atoms with Crippen LogP contribution in [0.3, 0.4) is 0 Å². The number of aliphatic hydroxyl groups is 2. The molecule has 0 aliphatic heterocycles. The molecule has 0 spiro atoms. The first-order chi connectivity index (χ1) is 6.43. The summed E-state index contributed by atoms with van der Waals surface area (Å²) in [7, 11) is 0. The van der Waals surface area contributed by atoms with Crippen LogP contribution in [0.25, 0.3) is 0 Å². The van der Waals surface area contributed by atoms with Crippen LogP contribution in [-0.2, 0) is 4.79 Å². The van der Waals surface area contributed by atoms with E-state index in [-0.39, 0.29) is 17.8 Å². The monoisotopic (exact) mass is 196 g/mol. The third-order valence-corrected chi connectivity index (χ3v) is 1.94. The van der Waals surface area contributed by atoms with Crippen LogP contribution in [0.2, 0.25) is 0 Å². The fourth-order valence-electron chi connectivity index (χ4n) is 1.27. The SMILES string of the molecule is CC(=CC1(O)C=C(O)C=CC1)C(=O)O. The van der Waals surface area contributed by atoms with E-state index in [0.717, 1.165) is 0 Å². The highest BCUT2D eigenvalue weighted by molar-refractivity contribution is 5.86. The smallest absolute Gasteiger partial charge is 0.331 e. The van der Waals surface area contributed by atoms with Gasteiger partial charge in [0.2, 0.25) is 0 Å². The van der Waals surface area contributed by atoms with Crippen LogP contribution in [-0.4, -0.2) is 26.9 Å². The lowest BCUT2D eigenvalue weighted by atomic mass is 9.92. The van der Waals surface area contributed by atoms with E-state index in [1.165, 1.54) is 25.2 Å². The number of aliphatic hydroxyl groups excluding tert-OH is 1. The third-order valence-electron chi connectivity index (χ3n) is 1.94. The van der Waals surface area contributed by atoms with E-state index < -0.39 is 11.6 Å². The van der Waals surface area contributed by atoms with Gasteiger partial charge in [-0.25, -0.2) is 4.79 Å². The molecule has 0 aromatic heterocycles. The molecular formula is C10H12O4. The highest BCUT2D eigenvalue weighted by Gasteiger charge is 2.24. The summed E-state index contributed by atoms with van der Waals surface area (Å²) in [6, 6.07) is 0. The van der Waals surface area contributed by atoms with Crippen molar-refractivity contribution >= 4 is 5.97 Å². The fourth-order valence-corrected chi connectivity index (χ4v) is 1.27. The third kappa shape index (κ3) is 2.47. The fraction of sp³-hybridized carbons (Fsp3) is 0.300. The Bertz CT molecular complexity index is 338. The lowest BCUT2D eigenvalue weighted by Crippen LogP contribution is -2.25. The quantitative estimate of drug-likeness (QED) is 0.579. The number of carboxylic acids is 1. The van der Waals surface area contributed by atoms with E-state index in [9.17, 15) is 9.90 Å². The molecule has 3 N–H and O–H groups in total. The summed E-state index contributed by atoms with van der Waals surface area (Å²) in [6.07, 6.45) is 5.75.